The van der Waals surface area contributed by atoms with Crippen LogP contribution in [0.3, 0.4) is 0 Å². The highest BCUT2D eigenvalue weighted by molar-refractivity contribution is 5.79. The van der Waals surface area contributed by atoms with Crippen LogP contribution in [-0.4, -0.2) is 47.8 Å². The molecule has 0 radical (unpaired) electrons. The summed E-state index contributed by atoms with van der Waals surface area (Å²) in [5, 5.41) is 3.32. The second-order valence-electron chi connectivity index (χ2n) is 5.32. The second kappa shape index (κ2) is 6.85. The number of hydrogen-bond acceptors (Lipinski definition) is 5. The van der Waals surface area contributed by atoms with Gasteiger partial charge in [0.15, 0.2) is 0 Å². The van der Waals surface area contributed by atoms with Crippen LogP contribution in [0.1, 0.15) is 36.7 Å². The van der Waals surface area contributed by atoms with Crippen molar-refractivity contribution in [2.24, 2.45) is 0 Å². The molecule has 1 saturated heterocycles. The topological polar surface area (TPSA) is 67.5 Å². The maximum atomic E-state index is 12.2. The standard InChI is InChI=1S/C14H23N3O3/c1-3-8-16(12-4-6-15-7-5-12)10-14(19)17-13(18)9-11(2)20-17/h9,12,15H,3-8,10H2,1-2H3. The minimum absolute atomic E-state index is 0.241. The molecule has 0 amide bonds. The molecule has 1 aliphatic rings. The number of aromatic nitrogens is 1. The molecule has 2 rings (SSSR count). The van der Waals surface area contributed by atoms with Gasteiger partial charge in [-0.25, -0.2) is 0 Å². The van der Waals surface area contributed by atoms with Crippen molar-refractivity contribution < 1.29 is 9.32 Å². The maximum absolute atomic E-state index is 12.2. The molecule has 1 N–H and O–H groups in total. The minimum atomic E-state index is -0.380. The molecular formula is C14H23N3O3. The van der Waals surface area contributed by atoms with Crippen LogP contribution in [-0.2, 0) is 0 Å². The van der Waals surface area contributed by atoms with E-state index in [-0.39, 0.29) is 18.0 Å². The zero-order chi connectivity index (χ0) is 14.5. The molecule has 0 spiro atoms. The Morgan fingerprint density at radius 3 is 2.75 bits per heavy atom. The van der Waals surface area contributed by atoms with Gasteiger partial charge in [-0.05, 0) is 45.8 Å². The molecular weight excluding hydrogens is 258 g/mol. The summed E-state index contributed by atoms with van der Waals surface area (Å²) in [5.74, 6) is 0.183. The number of aryl methyl sites for hydroxylation is 1. The summed E-state index contributed by atoms with van der Waals surface area (Å²) in [5.41, 5.74) is -0.380. The molecule has 1 aliphatic heterocycles. The highest BCUT2D eigenvalue weighted by Crippen LogP contribution is 2.12. The minimum Gasteiger partial charge on any atom is -0.373 e. The van der Waals surface area contributed by atoms with Gasteiger partial charge in [-0.3, -0.25) is 14.5 Å². The normalized spacial score (nSPS) is 16.8. The fourth-order valence-electron chi connectivity index (χ4n) is 2.71. The lowest BCUT2D eigenvalue weighted by atomic mass is 10.0. The largest absolute Gasteiger partial charge is 0.373 e. The van der Waals surface area contributed by atoms with E-state index in [1.54, 1.807) is 6.92 Å². The summed E-state index contributed by atoms with van der Waals surface area (Å²) in [6, 6.07) is 1.75. The van der Waals surface area contributed by atoms with E-state index in [9.17, 15) is 9.59 Å². The van der Waals surface area contributed by atoms with Crippen LogP contribution in [0.5, 0.6) is 0 Å². The van der Waals surface area contributed by atoms with Gasteiger partial charge in [0, 0.05) is 12.1 Å². The first-order valence-electron chi connectivity index (χ1n) is 7.29. The van der Waals surface area contributed by atoms with Crippen LogP contribution in [0.2, 0.25) is 0 Å². The highest BCUT2D eigenvalue weighted by atomic mass is 16.5. The lowest BCUT2D eigenvalue weighted by Crippen LogP contribution is -2.46. The Morgan fingerprint density at radius 2 is 2.20 bits per heavy atom. The van der Waals surface area contributed by atoms with E-state index < -0.39 is 0 Å². The van der Waals surface area contributed by atoms with Crippen molar-refractivity contribution in [3.05, 3.63) is 22.2 Å². The third-order valence-electron chi connectivity index (χ3n) is 3.66. The van der Waals surface area contributed by atoms with Gasteiger partial charge in [-0.15, -0.1) is 4.74 Å². The van der Waals surface area contributed by atoms with Gasteiger partial charge in [0.05, 0.1) is 6.54 Å². The zero-order valence-electron chi connectivity index (χ0n) is 12.2. The van der Waals surface area contributed by atoms with E-state index in [1.807, 2.05) is 0 Å². The quantitative estimate of drug-likeness (QED) is 0.867. The van der Waals surface area contributed by atoms with Crippen molar-refractivity contribution in [2.45, 2.75) is 39.2 Å². The number of piperidine rings is 1. The van der Waals surface area contributed by atoms with E-state index in [0.717, 1.165) is 43.6 Å². The summed E-state index contributed by atoms with van der Waals surface area (Å²) >= 11 is 0. The predicted octanol–water partition coefficient (Wildman–Crippen LogP) is 0.854. The molecule has 2 heterocycles. The average Bonchev–Trinajstić information content (AvgIpc) is 2.78. The molecule has 0 bridgehead atoms. The third kappa shape index (κ3) is 3.58. The van der Waals surface area contributed by atoms with Gasteiger partial charge >= 0.3 is 0 Å². The molecule has 0 aliphatic carbocycles. The maximum Gasteiger partial charge on any atom is 0.290 e. The summed E-state index contributed by atoms with van der Waals surface area (Å²) < 4.78 is 6.03. The average molecular weight is 281 g/mol. The van der Waals surface area contributed by atoms with Gasteiger partial charge in [-0.2, -0.15) is 0 Å². The van der Waals surface area contributed by atoms with Crippen molar-refractivity contribution in [3.8, 4) is 0 Å². The predicted molar refractivity (Wildman–Crippen MR) is 76.1 cm³/mol. The number of carbonyl (C=O) groups is 1. The summed E-state index contributed by atoms with van der Waals surface area (Å²) in [6.45, 7) is 6.84. The second-order valence-corrected chi connectivity index (χ2v) is 5.32. The molecule has 0 unspecified atom stereocenters. The van der Waals surface area contributed by atoms with Gasteiger partial charge in [0.2, 0.25) is 0 Å². The molecule has 1 fully saturated rings. The van der Waals surface area contributed by atoms with E-state index in [4.69, 9.17) is 4.52 Å². The lowest BCUT2D eigenvalue weighted by Gasteiger charge is -2.33. The molecule has 112 valence electrons. The Kier molecular flexibility index (Phi) is 5.14. The van der Waals surface area contributed by atoms with Crippen LogP contribution in [0.4, 0.5) is 0 Å². The van der Waals surface area contributed by atoms with Gasteiger partial charge < -0.3 is 9.84 Å². The van der Waals surface area contributed by atoms with Crippen molar-refractivity contribution in [1.29, 1.82) is 0 Å². The van der Waals surface area contributed by atoms with Gasteiger partial charge in [0.1, 0.15) is 5.76 Å². The first kappa shape index (κ1) is 15.0. The number of carbonyl (C=O) groups excluding carboxylic acids is 1. The number of nitrogens with zero attached hydrogens (tertiary/aromatic N) is 2. The van der Waals surface area contributed by atoms with Gasteiger partial charge in [0.25, 0.3) is 11.5 Å². The molecule has 0 saturated carbocycles. The Balaban J connectivity index is 2.05. The van der Waals surface area contributed by atoms with Crippen molar-refractivity contribution in [1.82, 2.24) is 15.0 Å². The SMILES string of the molecule is CCCN(CC(=O)n1oc(C)cc1=O)C1CCNCC1. The third-order valence-corrected chi connectivity index (χ3v) is 3.66. The van der Waals surface area contributed by atoms with Crippen LogP contribution >= 0.6 is 0 Å². The Labute approximate surface area is 118 Å². The van der Waals surface area contributed by atoms with Crippen LogP contribution in [0, 0.1) is 6.92 Å². The van der Waals surface area contributed by atoms with E-state index in [0.29, 0.717) is 11.8 Å². The number of nitrogens with one attached hydrogen (secondary N) is 1. The number of rotatable bonds is 5. The van der Waals surface area contributed by atoms with Crippen molar-refractivity contribution in [2.75, 3.05) is 26.2 Å². The van der Waals surface area contributed by atoms with E-state index in [1.165, 1.54) is 6.07 Å². The smallest absolute Gasteiger partial charge is 0.290 e. The Bertz CT molecular complexity index is 500. The van der Waals surface area contributed by atoms with E-state index in [2.05, 4.69) is 17.1 Å². The fourth-order valence-corrected chi connectivity index (χ4v) is 2.71. The molecule has 1 aromatic heterocycles. The van der Waals surface area contributed by atoms with Crippen molar-refractivity contribution in [3.63, 3.8) is 0 Å². The Morgan fingerprint density at radius 1 is 1.50 bits per heavy atom. The summed E-state index contributed by atoms with van der Waals surface area (Å²) in [7, 11) is 0. The molecule has 0 atom stereocenters. The highest BCUT2D eigenvalue weighted by Gasteiger charge is 2.24. The van der Waals surface area contributed by atoms with Crippen LogP contribution < -0.4 is 10.9 Å². The Hall–Kier alpha value is -1.40. The molecule has 1 aromatic rings. The van der Waals surface area contributed by atoms with Crippen molar-refractivity contribution >= 4 is 5.91 Å². The monoisotopic (exact) mass is 281 g/mol. The fraction of sp³-hybridized carbons (Fsp3) is 0.714. The summed E-state index contributed by atoms with van der Waals surface area (Å²) in [6.07, 6.45) is 3.07. The summed E-state index contributed by atoms with van der Waals surface area (Å²) in [4.78, 5) is 26.0. The van der Waals surface area contributed by atoms with Crippen LogP contribution in [0.15, 0.2) is 15.4 Å². The first-order chi connectivity index (χ1) is 9.61. The molecule has 0 aromatic carbocycles. The zero-order valence-corrected chi connectivity index (χ0v) is 12.2. The molecule has 6 nitrogen and oxygen atoms in total. The van der Waals surface area contributed by atoms with Gasteiger partial charge in [-0.1, -0.05) is 6.92 Å². The molecule has 20 heavy (non-hydrogen) atoms. The van der Waals surface area contributed by atoms with E-state index >= 15 is 0 Å². The lowest BCUT2D eigenvalue weighted by molar-refractivity contribution is 0.0655. The molecule has 6 heteroatoms. The first-order valence-corrected chi connectivity index (χ1v) is 7.29. The van der Waals surface area contributed by atoms with Crippen LogP contribution in [0.25, 0.3) is 0 Å². The number of hydrogen-bond donors (Lipinski definition) is 1.